The molecule has 3 aromatic carbocycles. The van der Waals surface area contributed by atoms with Crippen molar-refractivity contribution in [3.63, 3.8) is 0 Å². The lowest BCUT2D eigenvalue weighted by atomic mass is 10.0. The first-order valence-corrected chi connectivity index (χ1v) is 8.15. The van der Waals surface area contributed by atoms with Gasteiger partial charge in [-0.05, 0) is 23.8 Å². The van der Waals surface area contributed by atoms with E-state index in [1.807, 2.05) is 54.6 Å². The fourth-order valence-electron chi connectivity index (χ4n) is 2.89. The fraction of sp³-hybridized carbons (Fsp3) is 0. The predicted octanol–water partition coefficient (Wildman–Crippen LogP) is 5.14. The summed E-state index contributed by atoms with van der Waals surface area (Å²) in [4.78, 5) is 13.8. The Hall–Kier alpha value is -3.84. The van der Waals surface area contributed by atoms with Gasteiger partial charge in [-0.3, -0.25) is 10.1 Å². The molecular weight excluding hydrogens is 324 g/mol. The Balaban J connectivity index is 1.82. The molecule has 0 aliphatic heterocycles. The highest BCUT2D eigenvalue weighted by Gasteiger charge is 2.11. The van der Waals surface area contributed by atoms with Crippen molar-refractivity contribution in [3.8, 4) is 23.1 Å². The number of nitro groups is 1. The van der Waals surface area contributed by atoms with Gasteiger partial charge in [0.15, 0.2) is 0 Å². The monoisotopic (exact) mass is 338 g/mol. The molecule has 0 amide bonds. The minimum atomic E-state index is -0.412. The number of nitrogens with one attached hydrogen (secondary N) is 1. The Morgan fingerprint density at radius 1 is 0.808 bits per heavy atom. The van der Waals surface area contributed by atoms with Gasteiger partial charge in [-0.2, -0.15) is 0 Å². The Kier molecular flexibility index (Phi) is 3.97. The molecule has 0 aliphatic rings. The maximum atomic E-state index is 10.8. The number of nitro benzene ring substituents is 1. The molecule has 26 heavy (non-hydrogen) atoms. The summed E-state index contributed by atoms with van der Waals surface area (Å²) in [6.07, 6.45) is 0. The number of H-pyrrole nitrogens is 1. The van der Waals surface area contributed by atoms with Crippen LogP contribution < -0.4 is 0 Å². The molecule has 1 aromatic heterocycles. The quantitative estimate of drug-likeness (QED) is 0.312. The standard InChI is InChI=1S/C22H14N2O2/c25-24(26)18-13-10-16(11-14-18)12-15-20-19-8-4-5-9-21(19)23-22(20)17-6-2-1-3-7-17/h1-11,13-14,23H. The van der Waals surface area contributed by atoms with Gasteiger partial charge >= 0.3 is 0 Å². The number of non-ortho nitro benzene ring substituents is 1. The topological polar surface area (TPSA) is 58.9 Å². The van der Waals surface area contributed by atoms with Crippen LogP contribution in [-0.4, -0.2) is 9.91 Å². The van der Waals surface area contributed by atoms with Crippen LogP contribution in [-0.2, 0) is 0 Å². The van der Waals surface area contributed by atoms with Crippen molar-refractivity contribution in [2.75, 3.05) is 0 Å². The Labute approximate surface area is 150 Å². The fourth-order valence-corrected chi connectivity index (χ4v) is 2.89. The SMILES string of the molecule is O=[N+]([O-])c1ccc(C#Cc2c(-c3ccccc3)[nH]c3ccccc23)cc1. The zero-order chi connectivity index (χ0) is 17.9. The summed E-state index contributed by atoms with van der Waals surface area (Å²) in [5.74, 6) is 6.37. The molecular formula is C22H14N2O2. The van der Waals surface area contributed by atoms with E-state index in [0.29, 0.717) is 0 Å². The van der Waals surface area contributed by atoms with Gasteiger partial charge in [0, 0.05) is 28.6 Å². The third-order valence-electron chi connectivity index (χ3n) is 4.18. The van der Waals surface area contributed by atoms with Crippen molar-refractivity contribution in [1.82, 2.24) is 4.98 Å². The zero-order valence-corrected chi connectivity index (χ0v) is 13.8. The molecule has 0 fully saturated rings. The largest absolute Gasteiger partial charge is 0.353 e. The minimum Gasteiger partial charge on any atom is -0.353 e. The highest BCUT2D eigenvalue weighted by Crippen LogP contribution is 2.29. The molecule has 0 atom stereocenters. The molecule has 4 heteroatoms. The van der Waals surface area contributed by atoms with Gasteiger partial charge in [0.2, 0.25) is 0 Å². The van der Waals surface area contributed by atoms with Gasteiger partial charge < -0.3 is 4.98 Å². The van der Waals surface area contributed by atoms with Crippen LogP contribution in [0, 0.1) is 22.0 Å². The van der Waals surface area contributed by atoms with E-state index in [9.17, 15) is 10.1 Å². The van der Waals surface area contributed by atoms with E-state index in [1.165, 1.54) is 12.1 Å². The molecule has 0 bridgehead atoms. The summed E-state index contributed by atoms with van der Waals surface area (Å²) in [6.45, 7) is 0. The molecule has 0 spiro atoms. The van der Waals surface area contributed by atoms with Crippen LogP contribution in [0.5, 0.6) is 0 Å². The van der Waals surface area contributed by atoms with E-state index in [1.54, 1.807) is 12.1 Å². The summed E-state index contributed by atoms with van der Waals surface area (Å²) in [7, 11) is 0. The Morgan fingerprint density at radius 2 is 1.50 bits per heavy atom. The van der Waals surface area contributed by atoms with Crippen LogP contribution in [0.25, 0.3) is 22.2 Å². The van der Waals surface area contributed by atoms with Crippen LogP contribution in [0.1, 0.15) is 11.1 Å². The number of fused-ring (bicyclic) bond motifs is 1. The molecule has 4 aromatic rings. The number of benzene rings is 3. The molecule has 1 heterocycles. The number of hydrogen-bond acceptors (Lipinski definition) is 2. The molecule has 0 aliphatic carbocycles. The predicted molar refractivity (Wildman–Crippen MR) is 103 cm³/mol. The van der Waals surface area contributed by atoms with Crippen molar-refractivity contribution in [2.45, 2.75) is 0 Å². The van der Waals surface area contributed by atoms with Crippen LogP contribution in [0.15, 0.2) is 78.9 Å². The van der Waals surface area contributed by atoms with Gasteiger partial charge in [0.25, 0.3) is 5.69 Å². The van der Waals surface area contributed by atoms with E-state index in [2.05, 4.69) is 16.8 Å². The van der Waals surface area contributed by atoms with Crippen LogP contribution >= 0.6 is 0 Å². The maximum absolute atomic E-state index is 10.8. The average Bonchev–Trinajstić information content (AvgIpc) is 3.06. The summed E-state index contributed by atoms with van der Waals surface area (Å²) >= 11 is 0. The molecule has 0 saturated heterocycles. The molecule has 4 rings (SSSR count). The highest BCUT2D eigenvalue weighted by atomic mass is 16.6. The van der Waals surface area contributed by atoms with Crippen LogP contribution in [0.3, 0.4) is 0 Å². The van der Waals surface area contributed by atoms with Crippen molar-refractivity contribution < 1.29 is 4.92 Å². The van der Waals surface area contributed by atoms with Crippen molar-refractivity contribution in [3.05, 3.63) is 100 Å². The maximum Gasteiger partial charge on any atom is 0.269 e. The molecule has 0 saturated carbocycles. The van der Waals surface area contributed by atoms with Gasteiger partial charge in [-0.1, -0.05) is 60.4 Å². The van der Waals surface area contributed by atoms with Crippen molar-refractivity contribution in [2.24, 2.45) is 0 Å². The second-order valence-electron chi connectivity index (χ2n) is 5.84. The van der Waals surface area contributed by atoms with Crippen molar-refractivity contribution >= 4 is 16.6 Å². The first-order chi connectivity index (χ1) is 12.7. The summed E-state index contributed by atoms with van der Waals surface area (Å²) in [6, 6.07) is 24.4. The van der Waals surface area contributed by atoms with E-state index in [4.69, 9.17) is 0 Å². The van der Waals surface area contributed by atoms with E-state index in [0.717, 1.165) is 33.3 Å². The molecule has 124 valence electrons. The molecule has 1 N–H and O–H groups in total. The second kappa shape index (κ2) is 6.58. The van der Waals surface area contributed by atoms with Gasteiger partial charge in [0.1, 0.15) is 0 Å². The lowest BCUT2D eigenvalue weighted by molar-refractivity contribution is -0.384. The van der Waals surface area contributed by atoms with E-state index < -0.39 is 4.92 Å². The number of rotatable bonds is 2. The van der Waals surface area contributed by atoms with E-state index in [-0.39, 0.29) is 5.69 Å². The normalized spacial score (nSPS) is 10.3. The first kappa shape index (κ1) is 15.7. The average molecular weight is 338 g/mol. The lowest BCUT2D eigenvalue weighted by Crippen LogP contribution is -1.87. The number of hydrogen-bond donors (Lipinski definition) is 1. The summed E-state index contributed by atoms with van der Waals surface area (Å²) in [5, 5.41) is 11.8. The Bertz CT molecular complexity index is 1150. The number of aromatic amines is 1. The smallest absolute Gasteiger partial charge is 0.269 e. The lowest BCUT2D eigenvalue weighted by Gasteiger charge is -1.99. The first-order valence-electron chi connectivity index (χ1n) is 8.15. The Morgan fingerprint density at radius 3 is 2.23 bits per heavy atom. The third-order valence-corrected chi connectivity index (χ3v) is 4.18. The summed E-state index contributed by atoms with van der Waals surface area (Å²) in [5.41, 5.74) is 4.79. The molecule has 4 nitrogen and oxygen atoms in total. The number of aromatic nitrogens is 1. The molecule has 0 unspecified atom stereocenters. The number of nitrogens with zero attached hydrogens (tertiary/aromatic N) is 1. The van der Waals surface area contributed by atoms with Gasteiger partial charge in [0.05, 0.1) is 16.2 Å². The second-order valence-corrected chi connectivity index (χ2v) is 5.84. The number of para-hydroxylation sites is 1. The van der Waals surface area contributed by atoms with E-state index >= 15 is 0 Å². The zero-order valence-electron chi connectivity index (χ0n) is 13.8. The van der Waals surface area contributed by atoms with Gasteiger partial charge in [-0.15, -0.1) is 0 Å². The van der Waals surface area contributed by atoms with Gasteiger partial charge in [-0.25, -0.2) is 0 Å². The summed E-state index contributed by atoms with van der Waals surface area (Å²) < 4.78 is 0. The van der Waals surface area contributed by atoms with Crippen LogP contribution in [0.2, 0.25) is 0 Å². The highest BCUT2D eigenvalue weighted by molar-refractivity contribution is 5.94. The van der Waals surface area contributed by atoms with Crippen molar-refractivity contribution in [1.29, 1.82) is 0 Å². The van der Waals surface area contributed by atoms with Crippen LogP contribution in [0.4, 0.5) is 5.69 Å². The molecule has 0 radical (unpaired) electrons. The third kappa shape index (κ3) is 2.94. The minimum absolute atomic E-state index is 0.0626.